The molecule has 102 valence electrons. The summed E-state index contributed by atoms with van der Waals surface area (Å²) in [6.07, 6.45) is 2.67. The Morgan fingerprint density at radius 3 is 2.78 bits per heavy atom. The zero-order valence-corrected chi connectivity index (χ0v) is 11.9. The van der Waals surface area contributed by atoms with Gasteiger partial charge in [-0.15, -0.1) is 0 Å². The van der Waals surface area contributed by atoms with Crippen LogP contribution in [0.1, 0.15) is 13.3 Å². The van der Waals surface area contributed by atoms with Crippen molar-refractivity contribution in [2.45, 2.75) is 23.5 Å². The Hall–Kier alpha value is -0.790. The minimum atomic E-state index is -3.74. The van der Waals surface area contributed by atoms with E-state index in [1.165, 1.54) is 12.1 Å². The zero-order chi connectivity index (χ0) is 13.8. The summed E-state index contributed by atoms with van der Waals surface area (Å²) in [7, 11) is -3.74. The van der Waals surface area contributed by atoms with E-state index in [-0.39, 0.29) is 10.6 Å². The molecule has 1 unspecified atom stereocenters. The summed E-state index contributed by atoms with van der Waals surface area (Å²) in [5.74, 6) is -0.727. The standard InChI is InChI=1S/C11H17FN2O2S2/c1-8(17-2)6-7-14-18(15,16)10-5-3-4-9(12)11(10)13/h3-5,8,14H,6-7,13H2,1-2H3. The van der Waals surface area contributed by atoms with E-state index in [0.29, 0.717) is 18.2 Å². The molecule has 0 saturated heterocycles. The Balaban J connectivity index is 2.78. The van der Waals surface area contributed by atoms with Gasteiger partial charge in [0.15, 0.2) is 0 Å². The van der Waals surface area contributed by atoms with Gasteiger partial charge in [0.25, 0.3) is 0 Å². The van der Waals surface area contributed by atoms with Gasteiger partial charge in [-0.2, -0.15) is 11.8 Å². The fraction of sp³-hybridized carbons (Fsp3) is 0.455. The molecule has 0 radical (unpaired) electrons. The van der Waals surface area contributed by atoms with E-state index in [9.17, 15) is 12.8 Å². The van der Waals surface area contributed by atoms with Crippen LogP contribution in [-0.2, 0) is 10.0 Å². The van der Waals surface area contributed by atoms with Gasteiger partial charge >= 0.3 is 0 Å². The lowest BCUT2D eigenvalue weighted by atomic mass is 10.3. The highest BCUT2D eigenvalue weighted by Gasteiger charge is 2.19. The lowest BCUT2D eigenvalue weighted by Crippen LogP contribution is -2.27. The monoisotopic (exact) mass is 292 g/mol. The lowest BCUT2D eigenvalue weighted by molar-refractivity contribution is 0.576. The fourth-order valence-electron chi connectivity index (χ4n) is 1.34. The molecule has 7 heteroatoms. The number of hydrogen-bond donors (Lipinski definition) is 2. The normalized spacial score (nSPS) is 13.5. The molecule has 0 bridgehead atoms. The maximum atomic E-state index is 13.2. The summed E-state index contributed by atoms with van der Waals surface area (Å²) in [6, 6.07) is 3.74. The molecule has 4 nitrogen and oxygen atoms in total. The van der Waals surface area contributed by atoms with E-state index in [2.05, 4.69) is 4.72 Å². The number of para-hydroxylation sites is 1. The largest absolute Gasteiger partial charge is 0.395 e. The Labute approximate surface area is 111 Å². The average Bonchev–Trinajstić information content (AvgIpc) is 2.32. The first kappa shape index (κ1) is 15.3. The maximum absolute atomic E-state index is 13.2. The van der Waals surface area contributed by atoms with E-state index >= 15 is 0 Å². The molecule has 1 aromatic carbocycles. The van der Waals surface area contributed by atoms with E-state index < -0.39 is 15.8 Å². The number of nitrogen functional groups attached to an aromatic ring is 1. The first-order valence-electron chi connectivity index (χ1n) is 5.45. The van der Waals surface area contributed by atoms with Gasteiger partial charge in [0.1, 0.15) is 10.7 Å². The molecule has 1 atom stereocenters. The molecule has 0 aliphatic heterocycles. The van der Waals surface area contributed by atoms with Crippen LogP contribution in [0.5, 0.6) is 0 Å². The summed E-state index contributed by atoms with van der Waals surface area (Å²) in [5.41, 5.74) is 5.08. The Morgan fingerprint density at radius 2 is 2.17 bits per heavy atom. The van der Waals surface area contributed by atoms with Crippen LogP contribution in [0.3, 0.4) is 0 Å². The second kappa shape index (κ2) is 6.40. The highest BCUT2D eigenvalue weighted by molar-refractivity contribution is 7.99. The van der Waals surface area contributed by atoms with Crippen molar-refractivity contribution in [1.82, 2.24) is 4.72 Å². The molecule has 0 spiro atoms. The third-order valence-electron chi connectivity index (χ3n) is 2.55. The van der Waals surface area contributed by atoms with Crippen LogP contribution in [0.15, 0.2) is 23.1 Å². The Bertz CT molecular complexity index is 506. The number of nitrogens with two attached hydrogens (primary N) is 1. The summed E-state index contributed by atoms with van der Waals surface area (Å²) < 4.78 is 39.4. The molecule has 0 heterocycles. The molecule has 3 N–H and O–H groups in total. The molecule has 0 saturated carbocycles. The van der Waals surface area contributed by atoms with Gasteiger partial charge < -0.3 is 5.73 Å². The quantitative estimate of drug-likeness (QED) is 0.785. The summed E-state index contributed by atoms with van der Waals surface area (Å²) in [5, 5.41) is 0.359. The number of hydrogen-bond acceptors (Lipinski definition) is 4. The third kappa shape index (κ3) is 3.86. The summed E-state index contributed by atoms with van der Waals surface area (Å²) in [4.78, 5) is -0.209. The summed E-state index contributed by atoms with van der Waals surface area (Å²) in [6.45, 7) is 2.32. The number of sulfonamides is 1. The first-order chi connectivity index (χ1) is 8.38. The van der Waals surface area contributed by atoms with E-state index in [1.807, 2.05) is 13.2 Å². The second-order valence-electron chi connectivity index (χ2n) is 3.88. The number of thioether (sulfide) groups is 1. The number of benzene rings is 1. The van der Waals surface area contributed by atoms with Crippen LogP contribution in [0.4, 0.5) is 10.1 Å². The predicted octanol–water partition coefficient (Wildman–Crippen LogP) is 1.83. The number of nitrogens with one attached hydrogen (secondary N) is 1. The van der Waals surface area contributed by atoms with Crippen LogP contribution in [0.25, 0.3) is 0 Å². The molecule has 0 aromatic heterocycles. The molecular formula is C11H17FN2O2S2. The number of anilines is 1. The number of rotatable bonds is 6. The van der Waals surface area contributed by atoms with Crippen LogP contribution >= 0.6 is 11.8 Å². The molecule has 0 amide bonds. The molecule has 0 fully saturated rings. The molecule has 1 rings (SSSR count). The topological polar surface area (TPSA) is 72.2 Å². The van der Waals surface area contributed by atoms with Gasteiger partial charge in [-0.3, -0.25) is 0 Å². The van der Waals surface area contributed by atoms with Crippen molar-refractivity contribution in [3.8, 4) is 0 Å². The smallest absolute Gasteiger partial charge is 0.242 e. The zero-order valence-electron chi connectivity index (χ0n) is 10.3. The Kier molecular flexibility index (Phi) is 5.43. The van der Waals surface area contributed by atoms with Crippen molar-refractivity contribution in [2.75, 3.05) is 18.5 Å². The minimum absolute atomic E-state index is 0.209. The van der Waals surface area contributed by atoms with Crippen molar-refractivity contribution in [1.29, 1.82) is 0 Å². The van der Waals surface area contributed by atoms with Gasteiger partial charge in [-0.25, -0.2) is 17.5 Å². The molecular weight excluding hydrogens is 275 g/mol. The molecule has 0 aliphatic carbocycles. The van der Waals surface area contributed by atoms with Crippen molar-refractivity contribution in [2.24, 2.45) is 0 Å². The van der Waals surface area contributed by atoms with Crippen molar-refractivity contribution < 1.29 is 12.8 Å². The van der Waals surface area contributed by atoms with Crippen molar-refractivity contribution >= 4 is 27.5 Å². The second-order valence-corrected chi connectivity index (χ2v) is 6.90. The van der Waals surface area contributed by atoms with E-state index in [4.69, 9.17) is 5.73 Å². The fourth-order valence-corrected chi connectivity index (χ4v) is 2.88. The van der Waals surface area contributed by atoms with Crippen LogP contribution < -0.4 is 10.5 Å². The van der Waals surface area contributed by atoms with Crippen molar-refractivity contribution in [3.63, 3.8) is 0 Å². The van der Waals surface area contributed by atoms with Crippen LogP contribution in [0, 0.1) is 5.82 Å². The van der Waals surface area contributed by atoms with Crippen LogP contribution in [0.2, 0.25) is 0 Å². The summed E-state index contributed by atoms with van der Waals surface area (Å²) >= 11 is 1.66. The van der Waals surface area contributed by atoms with Gasteiger partial charge in [0.05, 0.1) is 5.69 Å². The SMILES string of the molecule is CSC(C)CCNS(=O)(=O)c1cccc(F)c1N. The predicted molar refractivity (Wildman–Crippen MR) is 73.6 cm³/mol. The van der Waals surface area contributed by atoms with Gasteiger partial charge in [-0.1, -0.05) is 13.0 Å². The Morgan fingerprint density at radius 1 is 1.50 bits per heavy atom. The highest BCUT2D eigenvalue weighted by Crippen LogP contribution is 2.20. The van der Waals surface area contributed by atoms with Crippen molar-refractivity contribution in [3.05, 3.63) is 24.0 Å². The van der Waals surface area contributed by atoms with Gasteiger partial charge in [0.2, 0.25) is 10.0 Å². The van der Waals surface area contributed by atoms with E-state index in [0.717, 1.165) is 6.07 Å². The molecule has 0 aliphatic rings. The number of halogens is 1. The molecule has 18 heavy (non-hydrogen) atoms. The lowest BCUT2D eigenvalue weighted by Gasteiger charge is -2.11. The minimum Gasteiger partial charge on any atom is -0.395 e. The van der Waals surface area contributed by atoms with Crippen LogP contribution in [-0.4, -0.2) is 26.5 Å². The third-order valence-corrected chi connectivity index (χ3v) is 5.11. The van der Waals surface area contributed by atoms with Gasteiger partial charge in [-0.05, 0) is 24.8 Å². The maximum Gasteiger partial charge on any atom is 0.242 e. The van der Waals surface area contributed by atoms with Gasteiger partial charge in [0, 0.05) is 11.8 Å². The average molecular weight is 292 g/mol. The first-order valence-corrected chi connectivity index (χ1v) is 8.22. The highest BCUT2D eigenvalue weighted by atomic mass is 32.2. The van der Waals surface area contributed by atoms with E-state index in [1.54, 1.807) is 11.8 Å². The molecule has 1 aromatic rings.